The van der Waals surface area contributed by atoms with Crippen LogP contribution in [0.25, 0.3) is 0 Å². The van der Waals surface area contributed by atoms with E-state index in [-0.39, 0.29) is 0 Å². The van der Waals surface area contributed by atoms with Gasteiger partial charge in [0.1, 0.15) is 18.8 Å². The zero-order valence-corrected chi connectivity index (χ0v) is 9.93. The minimum Gasteiger partial charge on any atom is -0.480 e. The van der Waals surface area contributed by atoms with E-state index in [0.717, 1.165) is 0 Å². The molecular formula is C6H14NO10P. The highest BCUT2D eigenvalue weighted by Gasteiger charge is 2.26. The van der Waals surface area contributed by atoms with Crippen molar-refractivity contribution in [2.45, 2.75) is 12.1 Å². The van der Waals surface area contributed by atoms with Crippen molar-refractivity contribution in [3.8, 4) is 0 Å². The molecule has 108 valence electrons. The summed E-state index contributed by atoms with van der Waals surface area (Å²) in [5, 5.41) is 24.7. The Morgan fingerprint density at radius 1 is 1.22 bits per heavy atom. The van der Waals surface area contributed by atoms with Crippen molar-refractivity contribution < 1.29 is 48.7 Å². The molecule has 3 atom stereocenters. The standard InChI is InChI=1S/C6H14NO10P/c7-5(6(8)9)3-16-18(12,13)15-2-4(17-11)1-14-10/h4-5,10-11H,1-3,7H2,(H,8,9)(H,12,13)/t4-,5+/m1/s1. The summed E-state index contributed by atoms with van der Waals surface area (Å²) in [5.74, 6) is -1.42. The summed E-state index contributed by atoms with van der Waals surface area (Å²) in [6, 6.07) is -1.49. The van der Waals surface area contributed by atoms with Crippen molar-refractivity contribution in [1.82, 2.24) is 0 Å². The molecule has 0 spiro atoms. The van der Waals surface area contributed by atoms with Gasteiger partial charge < -0.3 is 15.7 Å². The number of aliphatic carboxylic acids is 1. The Labute approximate surface area is 101 Å². The van der Waals surface area contributed by atoms with Crippen LogP contribution in [0.3, 0.4) is 0 Å². The predicted octanol–water partition coefficient (Wildman–Crippen LogP) is -1.12. The Bertz CT molecular complexity index is 298. The van der Waals surface area contributed by atoms with Crippen LogP contribution in [0, 0.1) is 0 Å². The van der Waals surface area contributed by atoms with Crippen LogP contribution in [0.1, 0.15) is 0 Å². The molecule has 6 N–H and O–H groups in total. The van der Waals surface area contributed by atoms with Crippen LogP contribution in [-0.4, -0.2) is 58.5 Å². The number of carboxylic acids is 1. The van der Waals surface area contributed by atoms with E-state index in [9.17, 15) is 9.36 Å². The van der Waals surface area contributed by atoms with Crippen LogP contribution in [0.2, 0.25) is 0 Å². The number of phosphoric ester groups is 1. The summed E-state index contributed by atoms with van der Waals surface area (Å²) in [6.45, 7) is -1.91. The molecule has 0 radical (unpaired) electrons. The quantitative estimate of drug-likeness (QED) is 0.187. The summed E-state index contributed by atoms with van der Waals surface area (Å²) >= 11 is 0. The highest BCUT2D eigenvalue weighted by atomic mass is 31.2. The molecule has 0 aromatic heterocycles. The SMILES string of the molecule is N[C@@H](COP(=O)(O)OC[C@@H](COO)OO)C(=O)O. The smallest absolute Gasteiger partial charge is 0.472 e. The Balaban J connectivity index is 4.06. The Morgan fingerprint density at radius 2 is 1.78 bits per heavy atom. The van der Waals surface area contributed by atoms with Crippen molar-refractivity contribution >= 4 is 13.8 Å². The molecule has 0 aromatic carbocycles. The molecule has 0 aliphatic carbocycles. The zero-order chi connectivity index (χ0) is 14.2. The minimum atomic E-state index is -4.55. The van der Waals surface area contributed by atoms with Gasteiger partial charge in [-0.3, -0.25) is 24.4 Å². The lowest BCUT2D eigenvalue weighted by molar-refractivity contribution is -0.329. The summed E-state index contributed by atoms with van der Waals surface area (Å²) in [7, 11) is -4.55. The van der Waals surface area contributed by atoms with E-state index in [1.807, 2.05) is 0 Å². The second-order valence-corrected chi connectivity index (χ2v) is 4.48. The van der Waals surface area contributed by atoms with E-state index >= 15 is 0 Å². The van der Waals surface area contributed by atoms with Crippen LogP contribution in [0.5, 0.6) is 0 Å². The van der Waals surface area contributed by atoms with E-state index in [2.05, 4.69) is 18.8 Å². The van der Waals surface area contributed by atoms with Crippen molar-refractivity contribution in [3.63, 3.8) is 0 Å². The van der Waals surface area contributed by atoms with E-state index in [4.69, 9.17) is 26.2 Å². The van der Waals surface area contributed by atoms with Gasteiger partial charge in [0.15, 0.2) is 0 Å². The molecule has 0 saturated carbocycles. The van der Waals surface area contributed by atoms with Crippen LogP contribution < -0.4 is 5.73 Å². The molecule has 0 rings (SSSR count). The Kier molecular flexibility index (Phi) is 8.18. The number of carboxylic acid groups (broad SMARTS) is 1. The molecule has 0 aromatic rings. The summed E-state index contributed by atoms with van der Waals surface area (Å²) in [5.41, 5.74) is 5.02. The first-order chi connectivity index (χ1) is 8.32. The number of rotatable bonds is 10. The van der Waals surface area contributed by atoms with Gasteiger partial charge in [-0.15, -0.1) is 0 Å². The fraction of sp³-hybridized carbons (Fsp3) is 0.833. The maximum absolute atomic E-state index is 11.2. The van der Waals surface area contributed by atoms with Gasteiger partial charge >= 0.3 is 13.8 Å². The third-order valence-electron chi connectivity index (χ3n) is 1.57. The fourth-order valence-electron chi connectivity index (χ4n) is 0.652. The van der Waals surface area contributed by atoms with Crippen molar-refractivity contribution in [3.05, 3.63) is 0 Å². The molecule has 0 bridgehead atoms. The number of nitrogens with two attached hydrogens (primary N) is 1. The fourth-order valence-corrected chi connectivity index (χ4v) is 1.43. The van der Waals surface area contributed by atoms with E-state index in [1.165, 1.54) is 0 Å². The van der Waals surface area contributed by atoms with Gasteiger partial charge in [-0.05, 0) is 0 Å². The lowest BCUT2D eigenvalue weighted by atomic mass is 10.3. The summed E-state index contributed by atoms with van der Waals surface area (Å²) < 4.78 is 19.8. The molecule has 0 amide bonds. The van der Waals surface area contributed by atoms with Gasteiger partial charge in [0.2, 0.25) is 0 Å². The molecular weight excluding hydrogens is 277 g/mol. The van der Waals surface area contributed by atoms with Crippen molar-refractivity contribution in [2.75, 3.05) is 19.8 Å². The molecule has 1 unspecified atom stereocenters. The third-order valence-corrected chi connectivity index (χ3v) is 2.52. The first kappa shape index (κ1) is 17.4. The largest absolute Gasteiger partial charge is 0.480 e. The van der Waals surface area contributed by atoms with Gasteiger partial charge in [0.05, 0.1) is 13.2 Å². The molecule has 0 saturated heterocycles. The molecule has 12 heteroatoms. The van der Waals surface area contributed by atoms with E-state index in [1.54, 1.807) is 0 Å². The first-order valence-corrected chi connectivity index (χ1v) is 5.98. The van der Waals surface area contributed by atoms with Crippen molar-refractivity contribution in [2.24, 2.45) is 5.73 Å². The average Bonchev–Trinajstić information content (AvgIpc) is 2.31. The average molecular weight is 291 g/mol. The number of hydrogen-bond acceptors (Lipinski definition) is 9. The van der Waals surface area contributed by atoms with Crippen LogP contribution in [0.15, 0.2) is 0 Å². The maximum Gasteiger partial charge on any atom is 0.472 e. The van der Waals surface area contributed by atoms with Gasteiger partial charge in [-0.2, -0.15) is 0 Å². The molecule has 0 fully saturated rings. The molecule has 0 heterocycles. The van der Waals surface area contributed by atoms with Gasteiger partial charge in [0, 0.05) is 0 Å². The highest BCUT2D eigenvalue weighted by molar-refractivity contribution is 7.47. The second kappa shape index (κ2) is 8.48. The van der Waals surface area contributed by atoms with Gasteiger partial charge in [-0.25, -0.2) is 14.3 Å². The predicted molar refractivity (Wildman–Crippen MR) is 53.4 cm³/mol. The molecule has 0 aliphatic rings. The molecule has 18 heavy (non-hydrogen) atoms. The van der Waals surface area contributed by atoms with Gasteiger partial charge in [-0.1, -0.05) is 0 Å². The summed E-state index contributed by atoms with van der Waals surface area (Å²) in [4.78, 5) is 26.7. The second-order valence-electron chi connectivity index (χ2n) is 3.03. The lowest BCUT2D eigenvalue weighted by Gasteiger charge is -2.16. The van der Waals surface area contributed by atoms with Crippen LogP contribution in [0.4, 0.5) is 0 Å². The minimum absolute atomic E-state index is 0.523. The topological polar surface area (TPSA) is 178 Å². The molecule has 11 nitrogen and oxygen atoms in total. The number of hydrogen-bond donors (Lipinski definition) is 5. The highest BCUT2D eigenvalue weighted by Crippen LogP contribution is 2.43. The Morgan fingerprint density at radius 3 is 2.22 bits per heavy atom. The number of phosphoric acid groups is 1. The summed E-state index contributed by atoms with van der Waals surface area (Å²) in [6.07, 6.45) is -1.23. The zero-order valence-electron chi connectivity index (χ0n) is 9.04. The maximum atomic E-state index is 11.2. The monoisotopic (exact) mass is 291 g/mol. The Hall–Kier alpha value is -0.620. The van der Waals surface area contributed by atoms with Crippen LogP contribution in [-0.2, 0) is 28.2 Å². The van der Waals surface area contributed by atoms with E-state index < -0.39 is 45.8 Å². The normalized spacial score (nSPS) is 18.0. The van der Waals surface area contributed by atoms with Crippen molar-refractivity contribution in [1.29, 1.82) is 0 Å². The van der Waals surface area contributed by atoms with E-state index in [0.29, 0.717) is 0 Å². The third kappa shape index (κ3) is 7.66. The van der Waals surface area contributed by atoms with Crippen LogP contribution >= 0.6 is 7.82 Å². The molecule has 0 aliphatic heterocycles. The lowest BCUT2D eigenvalue weighted by Crippen LogP contribution is -2.34. The first-order valence-electron chi connectivity index (χ1n) is 4.49. The van der Waals surface area contributed by atoms with Gasteiger partial charge in [0.25, 0.3) is 0 Å². The number of carbonyl (C=O) groups is 1.